The summed E-state index contributed by atoms with van der Waals surface area (Å²) >= 11 is 2.94. The first-order valence-electron chi connectivity index (χ1n) is 10.8. The molecule has 4 aromatic rings. The van der Waals surface area contributed by atoms with Crippen molar-refractivity contribution in [2.24, 2.45) is 0 Å². The number of nitrogens with zero attached hydrogens (tertiary/aromatic N) is 2. The molecule has 7 heteroatoms. The third kappa shape index (κ3) is 5.98. The first-order valence-corrected chi connectivity index (χ1v) is 13.0. The molecule has 0 saturated heterocycles. The molecule has 1 aromatic heterocycles. The number of thioether (sulfide) groups is 2. The number of methoxy groups -OCH3 is 1. The van der Waals surface area contributed by atoms with Crippen LogP contribution in [0.15, 0.2) is 95.1 Å². The Labute approximate surface area is 208 Å². The fourth-order valence-electron chi connectivity index (χ4n) is 3.39. The molecule has 3 aromatic carbocycles. The highest BCUT2D eigenvalue weighted by molar-refractivity contribution is 7.99. The van der Waals surface area contributed by atoms with Crippen molar-refractivity contribution in [2.45, 2.75) is 22.5 Å². The number of anilines is 1. The van der Waals surface area contributed by atoms with E-state index in [-0.39, 0.29) is 0 Å². The molecule has 0 radical (unpaired) electrons. The van der Waals surface area contributed by atoms with Crippen molar-refractivity contribution in [3.8, 4) is 11.1 Å². The SMILES string of the molecule is COC(=O)c1c(NCc2ccc(-c3ccccc3)cc2)nc(SC)nc1SCc1ccccc1. The smallest absolute Gasteiger partial charge is 0.344 e. The lowest BCUT2D eigenvalue weighted by atomic mass is 10.0. The Morgan fingerprint density at radius 1 is 0.853 bits per heavy atom. The van der Waals surface area contributed by atoms with Gasteiger partial charge in [0.25, 0.3) is 0 Å². The van der Waals surface area contributed by atoms with Gasteiger partial charge in [0, 0.05) is 12.3 Å². The third-order valence-electron chi connectivity index (χ3n) is 5.17. The van der Waals surface area contributed by atoms with E-state index in [9.17, 15) is 4.79 Å². The highest BCUT2D eigenvalue weighted by Gasteiger charge is 2.22. The molecule has 0 aliphatic heterocycles. The van der Waals surface area contributed by atoms with Crippen LogP contribution < -0.4 is 5.32 Å². The number of esters is 1. The summed E-state index contributed by atoms with van der Waals surface area (Å²) in [6.45, 7) is 0.521. The molecule has 0 unspecified atom stereocenters. The Hall–Kier alpha value is -3.29. The minimum Gasteiger partial charge on any atom is -0.465 e. The number of ether oxygens (including phenoxy) is 1. The minimum absolute atomic E-state index is 0.363. The van der Waals surface area contributed by atoms with E-state index in [1.807, 2.05) is 42.7 Å². The third-order valence-corrected chi connectivity index (χ3v) is 6.76. The fourth-order valence-corrected chi connectivity index (χ4v) is 4.78. The maximum Gasteiger partial charge on any atom is 0.344 e. The van der Waals surface area contributed by atoms with Crippen LogP contribution in [0.1, 0.15) is 21.5 Å². The molecule has 0 aliphatic rings. The van der Waals surface area contributed by atoms with Crippen molar-refractivity contribution in [3.05, 3.63) is 102 Å². The number of hydrogen-bond acceptors (Lipinski definition) is 7. The normalized spacial score (nSPS) is 10.6. The van der Waals surface area contributed by atoms with Crippen molar-refractivity contribution < 1.29 is 9.53 Å². The molecule has 0 saturated carbocycles. The number of aromatic nitrogens is 2. The van der Waals surface area contributed by atoms with Gasteiger partial charge in [0.05, 0.1) is 7.11 Å². The largest absolute Gasteiger partial charge is 0.465 e. The lowest BCUT2D eigenvalue weighted by Gasteiger charge is -2.15. The van der Waals surface area contributed by atoms with E-state index in [0.29, 0.717) is 33.9 Å². The maximum absolute atomic E-state index is 12.7. The zero-order chi connectivity index (χ0) is 23.8. The van der Waals surface area contributed by atoms with Crippen molar-refractivity contribution in [1.82, 2.24) is 9.97 Å². The van der Waals surface area contributed by atoms with Crippen molar-refractivity contribution in [3.63, 3.8) is 0 Å². The van der Waals surface area contributed by atoms with Crippen LogP contribution in [0.5, 0.6) is 0 Å². The van der Waals surface area contributed by atoms with Gasteiger partial charge in [0.15, 0.2) is 5.16 Å². The summed E-state index contributed by atoms with van der Waals surface area (Å²) in [7, 11) is 1.38. The standard InChI is InChI=1S/C27H25N3O2S2/c1-32-26(31)23-24(28-17-19-13-15-22(16-14-19)21-11-7-4-8-12-21)29-27(33-2)30-25(23)34-18-20-9-5-3-6-10-20/h3-16H,17-18H2,1-2H3,(H,28,29,30). The van der Waals surface area contributed by atoms with Gasteiger partial charge in [-0.15, -0.1) is 11.8 Å². The molecular formula is C27H25N3O2S2. The first kappa shape index (κ1) is 23.9. The van der Waals surface area contributed by atoms with Crippen LogP contribution in [-0.4, -0.2) is 29.3 Å². The number of rotatable bonds is 9. The maximum atomic E-state index is 12.7. The van der Waals surface area contributed by atoms with Crippen LogP contribution in [0, 0.1) is 0 Å². The van der Waals surface area contributed by atoms with E-state index in [0.717, 1.165) is 16.7 Å². The van der Waals surface area contributed by atoms with Gasteiger partial charge < -0.3 is 10.1 Å². The minimum atomic E-state index is -0.454. The lowest BCUT2D eigenvalue weighted by molar-refractivity contribution is 0.0596. The van der Waals surface area contributed by atoms with E-state index in [2.05, 4.69) is 63.8 Å². The molecule has 0 fully saturated rings. The molecular weight excluding hydrogens is 462 g/mol. The Bertz CT molecular complexity index is 1230. The van der Waals surface area contributed by atoms with E-state index in [4.69, 9.17) is 4.74 Å². The summed E-state index contributed by atoms with van der Waals surface area (Å²) in [6.07, 6.45) is 1.92. The number of benzene rings is 3. The summed E-state index contributed by atoms with van der Waals surface area (Å²) in [6, 6.07) is 28.7. The Kier molecular flexibility index (Phi) is 8.22. The zero-order valence-corrected chi connectivity index (χ0v) is 20.7. The second-order valence-corrected chi connectivity index (χ2v) is 9.16. The topological polar surface area (TPSA) is 64.1 Å². The average molecular weight is 488 g/mol. The van der Waals surface area contributed by atoms with Crippen molar-refractivity contribution >= 4 is 35.3 Å². The van der Waals surface area contributed by atoms with Gasteiger partial charge in [-0.25, -0.2) is 14.8 Å². The number of nitrogens with one attached hydrogen (secondary N) is 1. The van der Waals surface area contributed by atoms with Crippen LogP contribution in [-0.2, 0) is 17.0 Å². The van der Waals surface area contributed by atoms with Gasteiger partial charge in [0.1, 0.15) is 16.4 Å². The molecule has 1 heterocycles. The quantitative estimate of drug-likeness (QED) is 0.124. The predicted molar refractivity (Wildman–Crippen MR) is 140 cm³/mol. The van der Waals surface area contributed by atoms with Gasteiger partial charge in [-0.3, -0.25) is 0 Å². The zero-order valence-electron chi connectivity index (χ0n) is 19.0. The number of carbonyl (C=O) groups excluding carboxylic acids is 1. The van der Waals surface area contributed by atoms with Crippen LogP contribution >= 0.6 is 23.5 Å². The first-order chi connectivity index (χ1) is 16.7. The molecule has 4 rings (SSSR count). The highest BCUT2D eigenvalue weighted by atomic mass is 32.2. The van der Waals surface area contributed by atoms with Gasteiger partial charge in [-0.05, 0) is 28.5 Å². The predicted octanol–water partition coefficient (Wildman–Crippen LogP) is 6.56. The summed E-state index contributed by atoms with van der Waals surface area (Å²) in [5.41, 5.74) is 4.93. The number of carbonyl (C=O) groups is 1. The van der Waals surface area contributed by atoms with Crippen LogP contribution in [0.4, 0.5) is 5.82 Å². The molecule has 0 atom stereocenters. The van der Waals surface area contributed by atoms with Gasteiger partial charge in [-0.2, -0.15) is 0 Å². The average Bonchev–Trinajstić information content (AvgIpc) is 2.91. The van der Waals surface area contributed by atoms with Gasteiger partial charge >= 0.3 is 5.97 Å². The van der Waals surface area contributed by atoms with E-state index >= 15 is 0 Å². The molecule has 5 nitrogen and oxygen atoms in total. The van der Waals surface area contributed by atoms with E-state index < -0.39 is 5.97 Å². The Balaban J connectivity index is 1.56. The van der Waals surface area contributed by atoms with Gasteiger partial charge in [0.2, 0.25) is 0 Å². The van der Waals surface area contributed by atoms with Crippen LogP contribution in [0.25, 0.3) is 11.1 Å². The van der Waals surface area contributed by atoms with Crippen LogP contribution in [0.2, 0.25) is 0 Å². The van der Waals surface area contributed by atoms with Crippen molar-refractivity contribution in [1.29, 1.82) is 0 Å². The van der Waals surface area contributed by atoms with E-state index in [1.54, 1.807) is 0 Å². The molecule has 172 valence electrons. The Morgan fingerprint density at radius 3 is 2.15 bits per heavy atom. The second kappa shape index (κ2) is 11.7. The molecule has 0 spiro atoms. The lowest BCUT2D eigenvalue weighted by Crippen LogP contribution is -2.13. The summed E-state index contributed by atoms with van der Waals surface area (Å²) in [5, 5.41) is 4.55. The molecule has 0 aliphatic carbocycles. The van der Waals surface area contributed by atoms with Crippen molar-refractivity contribution in [2.75, 3.05) is 18.7 Å². The highest BCUT2D eigenvalue weighted by Crippen LogP contribution is 2.31. The molecule has 1 N–H and O–H groups in total. The van der Waals surface area contributed by atoms with Crippen LogP contribution in [0.3, 0.4) is 0 Å². The Morgan fingerprint density at radius 2 is 1.50 bits per heavy atom. The molecule has 0 bridgehead atoms. The molecule has 0 amide bonds. The van der Waals surface area contributed by atoms with Gasteiger partial charge in [-0.1, -0.05) is 96.7 Å². The monoisotopic (exact) mass is 487 g/mol. The summed E-state index contributed by atoms with van der Waals surface area (Å²) in [4.78, 5) is 21.9. The second-order valence-electron chi connectivity index (χ2n) is 7.42. The van der Waals surface area contributed by atoms with E-state index in [1.165, 1.54) is 36.2 Å². The number of hydrogen-bond donors (Lipinski definition) is 1. The summed E-state index contributed by atoms with van der Waals surface area (Å²) < 4.78 is 5.08. The fraction of sp³-hybridized carbons (Fsp3) is 0.148. The summed E-state index contributed by atoms with van der Waals surface area (Å²) in [5.74, 6) is 0.717. The molecule has 34 heavy (non-hydrogen) atoms.